The monoisotopic (exact) mass is 345 g/mol. The minimum atomic E-state index is -0.244. The molecule has 0 spiro atoms. The molecule has 0 saturated carbocycles. The minimum absolute atomic E-state index is 0.244. The van der Waals surface area contributed by atoms with Crippen LogP contribution in [0.4, 0.5) is 5.69 Å². The highest BCUT2D eigenvalue weighted by molar-refractivity contribution is 6.03. The Morgan fingerprint density at radius 3 is 2.50 bits per heavy atom. The molecule has 6 heteroatoms. The van der Waals surface area contributed by atoms with E-state index < -0.39 is 0 Å². The fourth-order valence-electron chi connectivity index (χ4n) is 3.08. The van der Waals surface area contributed by atoms with Crippen molar-refractivity contribution in [2.75, 3.05) is 5.32 Å². The molecule has 0 radical (unpaired) electrons. The number of anilines is 1. The summed E-state index contributed by atoms with van der Waals surface area (Å²) in [5, 5.41) is 7.53. The van der Waals surface area contributed by atoms with Crippen molar-refractivity contribution in [1.29, 1.82) is 0 Å². The van der Waals surface area contributed by atoms with E-state index in [0.29, 0.717) is 11.4 Å². The molecule has 1 aromatic carbocycles. The zero-order valence-corrected chi connectivity index (χ0v) is 14.9. The lowest BCUT2D eigenvalue weighted by Gasteiger charge is -2.06. The van der Waals surface area contributed by atoms with E-state index in [-0.39, 0.29) is 5.91 Å². The summed E-state index contributed by atoms with van der Waals surface area (Å²) in [7, 11) is 0. The molecule has 0 aliphatic rings. The molecule has 0 fully saturated rings. The number of nitrogens with zero attached hydrogens (tertiary/aromatic N) is 4. The van der Waals surface area contributed by atoms with Crippen LogP contribution in [0.2, 0.25) is 0 Å². The molecule has 4 rings (SSSR count). The molecular formula is C20H19N5O. The molecule has 1 amide bonds. The van der Waals surface area contributed by atoms with Crippen LogP contribution in [-0.4, -0.2) is 25.1 Å². The van der Waals surface area contributed by atoms with Gasteiger partial charge in [0.05, 0.1) is 22.8 Å². The average Bonchev–Trinajstić information content (AvgIpc) is 3.20. The summed E-state index contributed by atoms with van der Waals surface area (Å²) in [5.74, 6) is -0.244. The van der Waals surface area contributed by atoms with Crippen LogP contribution in [0.5, 0.6) is 0 Å². The van der Waals surface area contributed by atoms with Crippen LogP contribution >= 0.6 is 0 Å². The van der Waals surface area contributed by atoms with Crippen molar-refractivity contribution >= 4 is 17.2 Å². The Morgan fingerprint density at radius 2 is 1.77 bits per heavy atom. The van der Waals surface area contributed by atoms with Gasteiger partial charge in [-0.1, -0.05) is 24.3 Å². The number of carbonyl (C=O) groups excluding carboxylic acids is 1. The van der Waals surface area contributed by atoms with E-state index in [1.54, 1.807) is 6.20 Å². The molecule has 130 valence electrons. The Kier molecular flexibility index (Phi) is 3.80. The molecule has 0 atom stereocenters. The summed E-state index contributed by atoms with van der Waals surface area (Å²) in [4.78, 5) is 17.1. The third-order valence-corrected chi connectivity index (χ3v) is 4.46. The zero-order valence-electron chi connectivity index (χ0n) is 14.9. The molecule has 0 aliphatic heterocycles. The van der Waals surface area contributed by atoms with Crippen molar-refractivity contribution in [3.8, 4) is 5.69 Å². The van der Waals surface area contributed by atoms with Gasteiger partial charge in [-0.3, -0.25) is 4.79 Å². The van der Waals surface area contributed by atoms with E-state index in [1.165, 1.54) is 0 Å². The maximum absolute atomic E-state index is 12.7. The lowest BCUT2D eigenvalue weighted by Crippen LogP contribution is -2.13. The maximum atomic E-state index is 12.7. The van der Waals surface area contributed by atoms with E-state index in [0.717, 1.165) is 28.4 Å². The molecule has 1 N–H and O–H groups in total. The quantitative estimate of drug-likeness (QED) is 0.616. The number of nitrogens with one attached hydrogen (secondary N) is 1. The number of rotatable bonds is 3. The molecule has 0 aliphatic carbocycles. The molecule has 3 aromatic heterocycles. The van der Waals surface area contributed by atoms with E-state index >= 15 is 0 Å². The van der Waals surface area contributed by atoms with Crippen molar-refractivity contribution in [1.82, 2.24) is 19.2 Å². The van der Waals surface area contributed by atoms with Gasteiger partial charge in [0.15, 0.2) is 0 Å². The van der Waals surface area contributed by atoms with Gasteiger partial charge in [-0.25, -0.2) is 9.67 Å². The zero-order chi connectivity index (χ0) is 18.3. The molecule has 0 unspecified atom stereocenters. The van der Waals surface area contributed by atoms with Gasteiger partial charge in [-0.15, -0.1) is 0 Å². The number of imidazole rings is 1. The summed E-state index contributed by atoms with van der Waals surface area (Å²) in [6.07, 6.45) is 1.76. The first-order valence-corrected chi connectivity index (χ1v) is 8.42. The third kappa shape index (κ3) is 2.65. The Morgan fingerprint density at radius 1 is 1.00 bits per heavy atom. The number of hydrogen-bond acceptors (Lipinski definition) is 3. The van der Waals surface area contributed by atoms with Crippen molar-refractivity contribution in [2.24, 2.45) is 0 Å². The van der Waals surface area contributed by atoms with Gasteiger partial charge in [0.25, 0.3) is 5.91 Å². The smallest absolute Gasteiger partial charge is 0.275 e. The van der Waals surface area contributed by atoms with Gasteiger partial charge >= 0.3 is 0 Å². The van der Waals surface area contributed by atoms with Gasteiger partial charge in [-0.05, 0) is 45.0 Å². The average molecular weight is 345 g/mol. The Bertz CT molecular complexity index is 1110. The van der Waals surface area contributed by atoms with Gasteiger partial charge in [0.1, 0.15) is 11.3 Å². The number of amides is 1. The van der Waals surface area contributed by atoms with Gasteiger partial charge in [-0.2, -0.15) is 5.10 Å². The normalized spacial score (nSPS) is 11.0. The Labute approximate surface area is 151 Å². The van der Waals surface area contributed by atoms with Crippen molar-refractivity contribution in [3.63, 3.8) is 0 Å². The van der Waals surface area contributed by atoms with Gasteiger partial charge in [0, 0.05) is 11.9 Å². The van der Waals surface area contributed by atoms with Crippen LogP contribution < -0.4 is 5.32 Å². The number of carbonyl (C=O) groups is 1. The summed E-state index contributed by atoms with van der Waals surface area (Å²) in [6.45, 7) is 5.81. The highest BCUT2D eigenvalue weighted by Gasteiger charge is 2.18. The van der Waals surface area contributed by atoms with E-state index in [1.807, 2.05) is 78.4 Å². The lowest BCUT2D eigenvalue weighted by molar-refractivity contribution is 0.102. The maximum Gasteiger partial charge on any atom is 0.275 e. The number of aromatic nitrogens is 4. The minimum Gasteiger partial charge on any atom is -0.317 e. The predicted molar refractivity (Wildman–Crippen MR) is 101 cm³/mol. The summed E-state index contributed by atoms with van der Waals surface area (Å²) < 4.78 is 3.74. The lowest BCUT2D eigenvalue weighted by atomic mass is 10.3. The summed E-state index contributed by atoms with van der Waals surface area (Å²) in [6, 6.07) is 15.6. The molecule has 3 heterocycles. The first-order valence-electron chi connectivity index (χ1n) is 8.42. The Balaban J connectivity index is 1.67. The first-order chi connectivity index (χ1) is 12.5. The highest BCUT2D eigenvalue weighted by Crippen LogP contribution is 2.23. The SMILES string of the molecule is Cc1nn(-c2ccccc2)c(C)c1NC(=O)c1cn2c(C)cccc2n1. The Hall–Kier alpha value is -3.41. The van der Waals surface area contributed by atoms with Crippen LogP contribution in [0.3, 0.4) is 0 Å². The van der Waals surface area contributed by atoms with Crippen LogP contribution in [-0.2, 0) is 0 Å². The van der Waals surface area contributed by atoms with Crippen LogP contribution in [0.15, 0.2) is 54.7 Å². The van der Waals surface area contributed by atoms with Gasteiger partial charge < -0.3 is 9.72 Å². The van der Waals surface area contributed by atoms with Crippen LogP contribution in [0.25, 0.3) is 11.3 Å². The molecule has 26 heavy (non-hydrogen) atoms. The number of pyridine rings is 1. The topological polar surface area (TPSA) is 64.2 Å². The number of benzene rings is 1. The van der Waals surface area contributed by atoms with Crippen molar-refractivity contribution < 1.29 is 4.79 Å². The third-order valence-electron chi connectivity index (χ3n) is 4.46. The molecule has 0 saturated heterocycles. The number of para-hydroxylation sites is 1. The molecule has 6 nitrogen and oxygen atoms in total. The van der Waals surface area contributed by atoms with E-state index in [2.05, 4.69) is 15.4 Å². The fraction of sp³-hybridized carbons (Fsp3) is 0.150. The van der Waals surface area contributed by atoms with Crippen molar-refractivity contribution in [2.45, 2.75) is 20.8 Å². The molecule has 0 bridgehead atoms. The fourth-order valence-corrected chi connectivity index (χ4v) is 3.08. The number of aryl methyl sites for hydroxylation is 2. The van der Waals surface area contributed by atoms with E-state index in [9.17, 15) is 4.79 Å². The second-order valence-corrected chi connectivity index (χ2v) is 6.27. The van der Waals surface area contributed by atoms with Crippen LogP contribution in [0, 0.1) is 20.8 Å². The highest BCUT2D eigenvalue weighted by atomic mass is 16.1. The number of fused-ring (bicyclic) bond motifs is 1. The second-order valence-electron chi connectivity index (χ2n) is 6.27. The predicted octanol–water partition coefficient (Wildman–Crippen LogP) is 3.70. The standard InChI is InChI=1S/C20H19N5O/c1-13-8-7-11-18-21-17(12-24(13)18)20(26)22-19-14(2)23-25(15(19)3)16-9-5-4-6-10-16/h4-12H,1-3H3,(H,22,26). The molecular weight excluding hydrogens is 326 g/mol. The largest absolute Gasteiger partial charge is 0.317 e. The van der Waals surface area contributed by atoms with Crippen molar-refractivity contribution in [3.05, 3.63) is 77.5 Å². The second kappa shape index (κ2) is 6.15. The first kappa shape index (κ1) is 16.1. The molecule has 4 aromatic rings. The van der Waals surface area contributed by atoms with Crippen LogP contribution in [0.1, 0.15) is 27.6 Å². The summed E-state index contributed by atoms with van der Waals surface area (Å²) >= 11 is 0. The number of hydrogen-bond donors (Lipinski definition) is 1. The van der Waals surface area contributed by atoms with Gasteiger partial charge in [0.2, 0.25) is 0 Å². The summed E-state index contributed by atoms with van der Waals surface area (Å²) in [5.41, 5.74) is 5.47. The van der Waals surface area contributed by atoms with E-state index in [4.69, 9.17) is 0 Å².